The summed E-state index contributed by atoms with van der Waals surface area (Å²) in [5.41, 5.74) is 2.03. The molecule has 1 heterocycles. The lowest BCUT2D eigenvalue weighted by atomic mass is 9.98. The van der Waals surface area contributed by atoms with Gasteiger partial charge in [-0.3, -0.25) is 4.98 Å². The van der Waals surface area contributed by atoms with Gasteiger partial charge in [-0.2, -0.15) is 13.2 Å². The summed E-state index contributed by atoms with van der Waals surface area (Å²) in [6.45, 7) is 0.903. The van der Waals surface area contributed by atoms with Gasteiger partial charge in [-0.25, -0.2) is 13.2 Å². The first kappa shape index (κ1) is 27.3. The van der Waals surface area contributed by atoms with Crippen molar-refractivity contribution in [1.29, 1.82) is 0 Å². The monoisotopic (exact) mass is 533 g/mol. The zero-order valence-corrected chi connectivity index (χ0v) is 20.5. The van der Waals surface area contributed by atoms with Crippen LogP contribution in [0.2, 0.25) is 0 Å². The molecular weight excluding hydrogens is 508 g/mol. The molecule has 4 aromatic rings. The molecule has 3 nitrogen and oxygen atoms in total. The van der Waals surface area contributed by atoms with Crippen molar-refractivity contribution in [3.05, 3.63) is 89.4 Å². The van der Waals surface area contributed by atoms with Crippen molar-refractivity contribution in [3.8, 4) is 22.8 Å². The average molecular weight is 534 g/mol. The Morgan fingerprint density at radius 1 is 0.842 bits per heavy atom. The van der Waals surface area contributed by atoms with Gasteiger partial charge in [-0.05, 0) is 66.1 Å². The Morgan fingerprint density at radius 2 is 1.61 bits per heavy atom. The second kappa shape index (κ2) is 11.8. The minimum absolute atomic E-state index is 0.0739. The first-order chi connectivity index (χ1) is 18.1. The predicted molar refractivity (Wildman–Crippen MR) is 133 cm³/mol. The van der Waals surface area contributed by atoms with Gasteiger partial charge in [-0.15, -0.1) is 0 Å². The number of halogens is 6. The van der Waals surface area contributed by atoms with E-state index in [1.807, 2.05) is 18.2 Å². The minimum Gasteiger partial charge on any atom is -0.492 e. The topological polar surface area (TPSA) is 31.4 Å². The molecule has 0 saturated carbocycles. The number of unbranched alkanes of at least 4 members (excludes halogenated alkanes) is 1. The first-order valence-electron chi connectivity index (χ1n) is 12.1. The van der Waals surface area contributed by atoms with Crippen molar-refractivity contribution < 1.29 is 35.8 Å². The SMILES string of the molecule is CCCCOc1ccc(-c2ccc3c(F)c(CCc4cc(F)c(OCC(F)(F)F)c(F)c4)ccc3c2)nc1. The van der Waals surface area contributed by atoms with Crippen LogP contribution < -0.4 is 9.47 Å². The van der Waals surface area contributed by atoms with Crippen LogP contribution in [-0.4, -0.2) is 24.4 Å². The molecule has 3 aromatic carbocycles. The molecule has 0 aliphatic rings. The fourth-order valence-electron chi connectivity index (χ4n) is 3.99. The molecule has 0 fully saturated rings. The molecule has 200 valence electrons. The number of ether oxygens (including phenoxy) is 2. The maximum atomic E-state index is 15.2. The van der Waals surface area contributed by atoms with Crippen molar-refractivity contribution in [1.82, 2.24) is 4.98 Å². The predicted octanol–water partition coefficient (Wildman–Crippen LogP) is 8.22. The molecule has 0 N–H and O–H groups in total. The van der Waals surface area contributed by atoms with Crippen LogP contribution in [0.3, 0.4) is 0 Å². The van der Waals surface area contributed by atoms with E-state index in [9.17, 15) is 22.0 Å². The van der Waals surface area contributed by atoms with Crippen LogP contribution >= 0.6 is 0 Å². The normalized spacial score (nSPS) is 11.7. The molecular formula is C29H25F6NO2. The summed E-state index contributed by atoms with van der Waals surface area (Å²) < 4.78 is 90.3. The third kappa shape index (κ3) is 6.76. The lowest BCUT2D eigenvalue weighted by molar-refractivity contribution is -0.154. The number of nitrogens with zero attached hydrogens (tertiary/aromatic N) is 1. The second-order valence-corrected chi connectivity index (χ2v) is 8.85. The van der Waals surface area contributed by atoms with Gasteiger partial charge in [0.25, 0.3) is 0 Å². The number of aromatic nitrogens is 1. The van der Waals surface area contributed by atoms with Crippen molar-refractivity contribution in [3.63, 3.8) is 0 Å². The molecule has 0 atom stereocenters. The van der Waals surface area contributed by atoms with Crippen LogP contribution in [0.5, 0.6) is 11.5 Å². The summed E-state index contributed by atoms with van der Waals surface area (Å²) in [4.78, 5) is 4.44. The lowest BCUT2D eigenvalue weighted by Gasteiger charge is -2.12. The fourth-order valence-corrected chi connectivity index (χ4v) is 3.99. The van der Waals surface area contributed by atoms with E-state index in [0.29, 0.717) is 34.4 Å². The highest BCUT2D eigenvalue weighted by Crippen LogP contribution is 2.29. The maximum absolute atomic E-state index is 15.2. The molecule has 4 rings (SSSR count). The van der Waals surface area contributed by atoms with Crippen molar-refractivity contribution in [2.24, 2.45) is 0 Å². The van der Waals surface area contributed by atoms with Gasteiger partial charge in [0.1, 0.15) is 11.6 Å². The third-order valence-corrected chi connectivity index (χ3v) is 5.95. The molecule has 38 heavy (non-hydrogen) atoms. The molecule has 0 amide bonds. The van der Waals surface area contributed by atoms with Crippen molar-refractivity contribution in [2.45, 2.75) is 38.8 Å². The highest BCUT2D eigenvalue weighted by molar-refractivity contribution is 5.88. The fraction of sp³-hybridized carbons (Fsp3) is 0.276. The van der Waals surface area contributed by atoms with E-state index < -0.39 is 36.0 Å². The van der Waals surface area contributed by atoms with Gasteiger partial charge >= 0.3 is 6.18 Å². The van der Waals surface area contributed by atoms with Crippen molar-refractivity contribution >= 4 is 10.8 Å². The zero-order valence-electron chi connectivity index (χ0n) is 20.5. The Morgan fingerprint density at radius 3 is 2.26 bits per heavy atom. The van der Waals surface area contributed by atoms with E-state index >= 15 is 4.39 Å². The molecule has 9 heteroatoms. The molecule has 0 spiro atoms. The van der Waals surface area contributed by atoms with Crippen LogP contribution in [0, 0.1) is 17.5 Å². The molecule has 0 saturated heterocycles. The largest absolute Gasteiger partial charge is 0.492 e. The average Bonchev–Trinajstić information content (AvgIpc) is 2.87. The number of hydrogen-bond acceptors (Lipinski definition) is 3. The summed E-state index contributed by atoms with van der Waals surface area (Å²) in [6.07, 6.45) is -0.874. The molecule has 0 aliphatic carbocycles. The summed E-state index contributed by atoms with van der Waals surface area (Å²) in [5.74, 6) is -3.35. The number of hydrogen-bond donors (Lipinski definition) is 0. The van der Waals surface area contributed by atoms with Gasteiger partial charge in [-0.1, -0.05) is 37.6 Å². The number of aryl methyl sites for hydroxylation is 2. The number of benzene rings is 3. The molecule has 0 bridgehead atoms. The van der Waals surface area contributed by atoms with Gasteiger partial charge in [0.05, 0.1) is 18.5 Å². The lowest BCUT2D eigenvalue weighted by Crippen LogP contribution is -2.20. The summed E-state index contributed by atoms with van der Waals surface area (Å²) in [7, 11) is 0. The van der Waals surface area contributed by atoms with E-state index in [0.717, 1.165) is 30.5 Å². The Kier molecular flexibility index (Phi) is 8.44. The van der Waals surface area contributed by atoms with Gasteiger partial charge in [0, 0.05) is 10.9 Å². The smallest absolute Gasteiger partial charge is 0.422 e. The number of fused-ring (bicyclic) bond motifs is 1. The van der Waals surface area contributed by atoms with Gasteiger partial charge in [0.15, 0.2) is 24.0 Å². The zero-order chi connectivity index (χ0) is 27.3. The molecule has 1 aromatic heterocycles. The molecule has 0 aliphatic heterocycles. The number of pyridine rings is 1. The Bertz CT molecular complexity index is 1380. The summed E-state index contributed by atoms with van der Waals surface area (Å²) in [5, 5.41) is 1.05. The van der Waals surface area contributed by atoms with E-state index in [4.69, 9.17) is 4.74 Å². The van der Waals surface area contributed by atoms with Crippen LogP contribution in [0.1, 0.15) is 30.9 Å². The van der Waals surface area contributed by atoms with E-state index in [2.05, 4.69) is 16.6 Å². The standard InChI is InChI=1S/C29H25F6NO2/c1-2-3-12-37-22-9-11-26(36-16-22)21-8-10-23-20(15-21)7-6-19(27(23)32)5-4-18-13-24(30)28(25(31)14-18)38-17-29(33,34)35/h6-11,13-16H,2-5,12,17H2,1H3. The first-order valence-corrected chi connectivity index (χ1v) is 12.1. The maximum Gasteiger partial charge on any atom is 0.422 e. The Hall–Kier alpha value is -3.75. The second-order valence-electron chi connectivity index (χ2n) is 8.85. The van der Waals surface area contributed by atoms with Crippen LogP contribution in [0.25, 0.3) is 22.0 Å². The summed E-state index contributed by atoms with van der Waals surface area (Å²) in [6, 6.07) is 14.1. The highest BCUT2D eigenvalue weighted by atomic mass is 19.4. The molecule has 0 unspecified atom stereocenters. The third-order valence-electron chi connectivity index (χ3n) is 5.95. The number of rotatable bonds is 10. The summed E-state index contributed by atoms with van der Waals surface area (Å²) >= 11 is 0. The van der Waals surface area contributed by atoms with E-state index in [1.165, 1.54) is 0 Å². The van der Waals surface area contributed by atoms with Crippen molar-refractivity contribution in [2.75, 3.05) is 13.2 Å². The highest BCUT2D eigenvalue weighted by Gasteiger charge is 2.30. The Labute approximate surface area is 216 Å². The van der Waals surface area contributed by atoms with E-state index in [1.54, 1.807) is 30.5 Å². The van der Waals surface area contributed by atoms with E-state index in [-0.39, 0.29) is 18.4 Å². The Balaban J connectivity index is 1.46. The quantitative estimate of drug-likeness (QED) is 0.152. The van der Waals surface area contributed by atoms with Gasteiger partial charge in [0.2, 0.25) is 0 Å². The minimum atomic E-state index is -4.73. The van der Waals surface area contributed by atoms with Crippen LogP contribution in [0.15, 0.2) is 60.8 Å². The number of alkyl halides is 3. The van der Waals surface area contributed by atoms with Crippen LogP contribution in [-0.2, 0) is 12.8 Å². The van der Waals surface area contributed by atoms with Gasteiger partial charge < -0.3 is 9.47 Å². The molecule has 0 radical (unpaired) electrons. The van der Waals surface area contributed by atoms with Crippen LogP contribution in [0.4, 0.5) is 26.3 Å².